The van der Waals surface area contributed by atoms with Crippen LogP contribution in [0.3, 0.4) is 0 Å². The minimum Gasteiger partial charge on any atom is -0.141 e. The molecular formula is C12H16BCl2Si. The molecule has 1 aromatic carbocycles. The van der Waals surface area contributed by atoms with Crippen molar-refractivity contribution in [3.63, 3.8) is 0 Å². The van der Waals surface area contributed by atoms with E-state index in [9.17, 15) is 0 Å². The average Bonchev–Trinajstić information content (AvgIpc) is 2.30. The number of benzene rings is 1. The predicted octanol–water partition coefficient (Wildman–Crippen LogP) is 4.65. The van der Waals surface area contributed by atoms with E-state index in [1.165, 1.54) is 10.7 Å². The number of hydrogen-bond donors (Lipinski definition) is 0. The van der Waals surface area contributed by atoms with Gasteiger partial charge in [-0.15, -0.1) is 22.2 Å². The molecular weight excluding hydrogens is 254 g/mol. The smallest absolute Gasteiger partial charge is 0.141 e. The highest BCUT2D eigenvalue weighted by molar-refractivity contribution is 7.40. The normalized spacial score (nSPS) is 11.9. The molecule has 0 bridgehead atoms. The van der Waals surface area contributed by atoms with Crippen LogP contribution in [0.15, 0.2) is 35.4 Å². The highest BCUT2D eigenvalue weighted by Crippen LogP contribution is 2.21. The molecule has 16 heavy (non-hydrogen) atoms. The molecule has 0 nitrogen and oxygen atoms in total. The van der Waals surface area contributed by atoms with Gasteiger partial charge in [0.05, 0.1) is 0 Å². The Morgan fingerprint density at radius 2 is 1.75 bits per heavy atom. The van der Waals surface area contributed by atoms with Crippen LogP contribution < -0.4 is 0 Å². The third-order valence-electron chi connectivity index (χ3n) is 2.77. The molecule has 0 atom stereocenters. The molecule has 0 amide bonds. The first-order valence-electron chi connectivity index (χ1n) is 5.64. The second kappa shape index (κ2) is 7.21. The molecule has 1 radical (unpaired) electrons. The van der Waals surface area contributed by atoms with Gasteiger partial charge in [-0.3, -0.25) is 0 Å². The van der Waals surface area contributed by atoms with Crippen molar-refractivity contribution in [3.8, 4) is 0 Å². The lowest BCUT2D eigenvalue weighted by atomic mass is 9.45. The number of hydrogen-bond acceptors (Lipinski definition) is 0. The molecule has 1 aromatic rings. The van der Waals surface area contributed by atoms with Crippen molar-refractivity contribution in [2.45, 2.75) is 26.5 Å². The summed E-state index contributed by atoms with van der Waals surface area (Å²) in [6.45, 7) is 4.89. The lowest BCUT2D eigenvalue weighted by Crippen LogP contribution is -2.21. The standard InChI is InChI=1S/C12H16BCl2Si/c1-3-13(4-2)12(16(14)15)10-11-8-6-5-7-9-11/h5-10H,3-4H2,1-2H3/b12-10-. The second-order valence-electron chi connectivity index (χ2n) is 3.78. The topological polar surface area (TPSA) is 0 Å². The highest BCUT2D eigenvalue weighted by Gasteiger charge is 2.22. The van der Waals surface area contributed by atoms with E-state index in [0.717, 1.165) is 12.6 Å². The van der Waals surface area contributed by atoms with Crippen LogP contribution in [0.2, 0.25) is 12.6 Å². The molecule has 0 aliphatic rings. The molecule has 0 unspecified atom stereocenters. The minimum atomic E-state index is -1.39. The van der Waals surface area contributed by atoms with Crippen molar-refractivity contribution in [3.05, 3.63) is 41.0 Å². The Kier molecular flexibility index (Phi) is 6.25. The Morgan fingerprint density at radius 1 is 1.19 bits per heavy atom. The number of halogens is 2. The molecule has 0 aliphatic carbocycles. The van der Waals surface area contributed by atoms with E-state index in [4.69, 9.17) is 22.2 Å². The van der Waals surface area contributed by atoms with Crippen LogP contribution in [-0.4, -0.2) is 14.1 Å². The molecule has 4 heteroatoms. The van der Waals surface area contributed by atoms with Gasteiger partial charge in [-0.25, -0.2) is 0 Å². The molecule has 0 saturated carbocycles. The maximum atomic E-state index is 6.14. The van der Waals surface area contributed by atoms with E-state index >= 15 is 0 Å². The summed E-state index contributed by atoms with van der Waals surface area (Å²) in [5.74, 6) is 0. The average molecular weight is 270 g/mol. The van der Waals surface area contributed by atoms with Crippen LogP contribution >= 0.6 is 22.2 Å². The van der Waals surface area contributed by atoms with E-state index in [1.54, 1.807) is 0 Å². The SMILES string of the molecule is CCB(CC)/C(=C/c1ccccc1)[Si](Cl)Cl. The Bertz CT molecular complexity index is 334. The highest BCUT2D eigenvalue weighted by atomic mass is 35.7. The van der Waals surface area contributed by atoms with Crippen molar-refractivity contribution in [1.29, 1.82) is 0 Å². The zero-order valence-corrected chi connectivity index (χ0v) is 12.2. The Hall–Kier alpha value is -0.178. The maximum absolute atomic E-state index is 6.14. The summed E-state index contributed by atoms with van der Waals surface area (Å²) in [6, 6.07) is 10.2. The van der Waals surface area contributed by atoms with E-state index in [-0.39, 0.29) is 0 Å². The lowest BCUT2D eigenvalue weighted by Gasteiger charge is -2.13. The summed E-state index contributed by atoms with van der Waals surface area (Å²) >= 11 is 12.3. The zero-order chi connectivity index (χ0) is 12.0. The van der Waals surface area contributed by atoms with Crippen molar-refractivity contribution in [2.24, 2.45) is 0 Å². The van der Waals surface area contributed by atoms with Crippen LogP contribution in [0.25, 0.3) is 6.08 Å². The van der Waals surface area contributed by atoms with E-state index in [0.29, 0.717) is 6.71 Å². The molecule has 0 aliphatic heterocycles. The lowest BCUT2D eigenvalue weighted by molar-refractivity contribution is 1.32. The van der Waals surface area contributed by atoms with Crippen LogP contribution in [0.5, 0.6) is 0 Å². The van der Waals surface area contributed by atoms with Gasteiger partial charge in [0.2, 0.25) is 0 Å². The Balaban J connectivity index is 2.98. The van der Waals surface area contributed by atoms with Gasteiger partial charge >= 0.3 is 0 Å². The predicted molar refractivity (Wildman–Crippen MR) is 78.6 cm³/mol. The van der Waals surface area contributed by atoms with Crippen LogP contribution in [0.1, 0.15) is 19.4 Å². The summed E-state index contributed by atoms with van der Waals surface area (Å²) in [5, 5.41) is 1.23. The van der Waals surface area contributed by atoms with Crippen molar-refractivity contribution < 1.29 is 0 Å². The summed E-state index contributed by atoms with van der Waals surface area (Å²) in [5.41, 5.74) is 1.19. The molecule has 1 rings (SSSR count). The minimum absolute atomic E-state index is 0.518. The van der Waals surface area contributed by atoms with Crippen molar-refractivity contribution in [2.75, 3.05) is 0 Å². The van der Waals surface area contributed by atoms with Gasteiger partial charge in [0.1, 0.15) is 0 Å². The summed E-state index contributed by atoms with van der Waals surface area (Å²) in [4.78, 5) is 0. The fourth-order valence-electron chi connectivity index (χ4n) is 1.78. The Labute approximate surface area is 110 Å². The molecule has 0 N–H and O–H groups in total. The van der Waals surface area contributed by atoms with Crippen LogP contribution in [0, 0.1) is 0 Å². The maximum Gasteiger partial charge on any atom is 0.294 e. The molecule has 0 heterocycles. The fourth-order valence-corrected chi connectivity index (χ4v) is 4.03. The first kappa shape index (κ1) is 13.9. The largest absolute Gasteiger partial charge is 0.294 e. The van der Waals surface area contributed by atoms with E-state index < -0.39 is 7.42 Å². The summed E-state index contributed by atoms with van der Waals surface area (Å²) < 4.78 is 0. The first-order chi connectivity index (χ1) is 7.69. The quantitative estimate of drug-likeness (QED) is 0.539. The van der Waals surface area contributed by atoms with E-state index in [1.807, 2.05) is 18.2 Å². The zero-order valence-electron chi connectivity index (χ0n) is 9.71. The third kappa shape index (κ3) is 4.00. The first-order valence-corrected chi connectivity index (χ1v) is 9.16. The van der Waals surface area contributed by atoms with Crippen molar-refractivity contribution >= 4 is 42.4 Å². The number of rotatable bonds is 5. The van der Waals surface area contributed by atoms with Gasteiger partial charge < -0.3 is 0 Å². The molecule has 0 aromatic heterocycles. The van der Waals surface area contributed by atoms with Gasteiger partial charge in [-0.1, -0.05) is 68.0 Å². The molecule has 0 fully saturated rings. The van der Waals surface area contributed by atoms with Crippen LogP contribution in [-0.2, 0) is 0 Å². The van der Waals surface area contributed by atoms with Gasteiger partial charge in [0.15, 0.2) is 6.71 Å². The molecule has 0 saturated heterocycles. The van der Waals surface area contributed by atoms with Gasteiger partial charge in [-0.2, -0.15) is 0 Å². The fraction of sp³-hybridized carbons (Fsp3) is 0.333. The van der Waals surface area contributed by atoms with Gasteiger partial charge in [-0.05, 0) is 5.56 Å². The van der Waals surface area contributed by atoms with E-state index in [2.05, 4.69) is 32.1 Å². The van der Waals surface area contributed by atoms with Gasteiger partial charge in [0, 0.05) is 0 Å². The summed E-state index contributed by atoms with van der Waals surface area (Å²) in [6.07, 6.45) is 4.36. The summed E-state index contributed by atoms with van der Waals surface area (Å²) in [7, 11) is -1.39. The third-order valence-corrected chi connectivity index (χ3v) is 5.06. The van der Waals surface area contributed by atoms with Gasteiger partial charge in [0.25, 0.3) is 7.42 Å². The van der Waals surface area contributed by atoms with Crippen molar-refractivity contribution in [1.82, 2.24) is 0 Å². The monoisotopic (exact) mass is 269 g/mol. The van der Waals surface area contributed by atoms with Crippen LogP contribution in [0.4, 0.5) is 0 Å². The molecule has 85 valence electrons. The molecule has 0 spiro atoms. The second-order valence-corrected chi connectivity index (χ2v) is 7.73. The Morgan fingerprint density at radius 3 is 2.19 bits per heavy atom.